The van der Waals surface area contributed by atoms with E-state index in [0.29, 0.717) is 29.6 Å². The Labute approximate surface area is 179 Å². The van der Waals surface area contributed by atoms with Crippen molar-refractivity contribution in [3.8, 4) is 5.75 Å². The molecule has 156 valence electrons. The van der Waals surface area contributed by atoms with Gasteiger partial charge in [-0.25, -0.2) is 4.98 Å². The minimum absolute atomic E-state index is 0.204. The Morgan fingerprint density at radius 3 is 2.73 bits per heavy atom. The molecule has 0 aliphatic heterocycles. The topological polar surface area (TPSA) is 58.8 Å². The average Bonchev–Trinajstić information content (AvgIpc) is 3.36. The fraction of sp³-hybridized carbons (Fsp3) is 0.304. The molecule has 2 heterocycles. The minimum atomic E-state index is -0.204. The second-order valence-electron chi connectivity index (χ2n) is 7.40. The van der Waals surface area contributed by atoms with Crippen LogP contribution in [0.2, 0.25) is 0 Å². The van der Waals surface area contributed by atoms with Gasteiger partial charge in [0.1, 0.15) is 0 Å². The summed E-state index contributed by atoms with van der Waals surface area (Å²) in [6.07, 6.45) is 0.966. The van der Waals surface area contributed by atoms with E-state index in [-0.39, 0.29) is 11.7 Å². The van der Waals surface area contributed by atoms with E-state index in [0.717, 1.165) is 22.0 Å². The van der Waals surface area contributed by atoms with E-state index in [1.54, 1.807) is 18.1 Å². The first-order valence-corrected chi connectivity index (χ1v) is 10.7. The molecule has 0 saturated heterocycles. The maximum Gasteiger partial charge on any atom is 0.295 e. The van der Waals surface area contributed by atoms with Crippen LogP contribution in [-0.2, 0) is 6.42 Å². The second-order valence-corrected chi connectivity index (χ2v) is 8.41. The smallest absolute Gasteiger partial charge is 0.295 e. The summed E-state index contributed by atoms with van der Waals surface area (Å²) in [6, 6.07) is 13.6. The van der Waals surface area contributed by atoms with Crippen molar-refractivity contribution in [3.05, 3.63) is 53.8 Å². The zero-order chi connectivity index (χ0) is 21.3. The average molecular weight is 424 g/mol. The van der Waals surface area contributed by atoms with Crippen molar-refractivity contribution in [2.75, 3.05) is 39.2 Å². The van der Waals surface area contributed by atoms with E-state index in [9.17, 15) is 4.79 Å². The predicted molar refractivity (Wildman–Crippen MR) is 122 cm³/mol. The number of carbonyl (C=O) groups excluding carboxylic acids is 1. The van der Waals surface area contributed by atoms with Gasteiger partial charge in [0.2, 0.25) is 0 Å². The maximum absolute atomic E-state index is 13.5. The van der Waals surface area contributed by atoms with Gasteiger partial charge in [-0.1, -0.05) is 36.5 Å². The molecule has 0 aliphatic rings. The highest BCUT2D eigenvalue weighted by molar-refractivity contribution is 7.22. The number of aryl methyl sites for hydroxylation is 1. The van der Waals surface area contributed by atoms with E-state index in [2.05, 4.69) is 19.1 Å². The summed E-state index contributed by atoms with van der Waals surface area (Å²) < 4.78 is 12.4. The van der Waals surface area contributed by atoms with Gasteiger partial charge in [0, 0.05) is 18.5 Å². The summed E-state index contributed by atoms with van der Waals surface area (Å²) in [5.41, 5.74) is 2.74. The third-order valence-electron chi connectivity index (χ3n) is 5.04. The lowest BCUT2D eigenvalue weighted by Crippen LogP contribution is -2.36. The van der Waals surface area contributed by atoms with Gasteiger partial charge < -0.3 is 14.1 Å². The van der Waals surface area contributed by atoms with Crippen molar-refractivity contribution < 1.29 is 13.9 Å². The van der Waals surface area contributed by atoms with Crippen molar-refractivity contribution in [3.63, 3.8) is 0 Å². The highest BCUT2D eigenvalue weighted by Crippen LogP contribution is 2.33. The Balaban J connectivity index is 1.74. The summed E-state index contributed by atoms with van der Waals surface area (Å²) in [4.78, 5) is 22.0. The van der Waals surface area contributed by atoms with E-state index < -0.39 is 0 Å². The van der Waals surface area contributed by atoms with Gasteiger partial charge in [0.25, 0.3) is 5.91 Å². The summed E-state index contributed by atoms with van der Waals surface area (Å²) in [6.45, 7) is 3.36. The number of nitrogens with zero attached hydrogens (tertiary/aromatic N) is 3. The molecule has 2 aromatic heterocycles. The van der Waals surface area contributed by atoms with Gasteiger partial charge in [-0.15, -0.1) is 0 Å². The Morgan fingerprint density at radius 2 is 2.00 bits per heavy atom. The molecule has 4 rings (SSSR count). The lowest BCUT2D eigenvalue weighted by molar-refractivity contribution is 0.0960. The van der Waals surface area contributed by atoms with Crippen LogP contribution in [-0.4, -0.2) is 50.1 Å². The van der Waals surface area contributed by atoms with Crippen LogP contribution in [0, 0.1) is 0 Å². The molecular weight excluding hydrogens is 398 g/mol. The molecule has 0 bridgehead atoms. The molecule has 0 fully saturated rings. The molecule has 0 unspecified atom stereocenters. The lowest BCUT2D eigenvalue weighted by Gasteiger charge is -2.20. The van der Waals surface area contributed by atoms with Crippen LogP contribution >= 0.6 is 11.3 Å². The molecule has 7 heteroatoms. The number of amides is 1. The summed E-state index contributed by atoms with van der Waals surface area (Å²) in [5, 5.41) is 1.51. The largest absolute Gasteiger partial charge is 0.493 e. The van der Waals surface area contributed by atoms with Crippen molar-refractivity contribution >= 4 is 43.6 Å². The zero-order valence-corrected chi connectivity index (χ0v) is 18.5. The van der Waals surface area contributed by atoms with E-state index in [4.69, 9.17) is 14.1 Å². The Kier molecular flexibility index (Phi) is 5.74. The number of fused-ring (bicyclic) bond motifs is 2. The van der Waals surface area contributed by atoms with Gasteiger partial charge in [-0.2, -0.15) is 0 Å². The van der Waals surface area contributed by atoms with Crippen molar-refractivity contribution in [1.29, 1.82) is 0 Å². The second kappa shape index (κ2) is 8.45. The third-order valence-corrected chi connectivity index (χ3v) is 6.08. The van der Waals surface area contributed by atoms with Crippen LogP contribution in [0.5, 0.6) is 5.75 Å². The number of carbonyl (C=O) groups is 1. The maximum atomic E-state index is 13.5. The number of anilines is 1. The van der Waals surface area contributed by atoms with Crippen LogP contribution < -0.4 is 9.64 Å². The van der Waals surface area contributed by atoms with Crippen molar-refractivity contribution in [2.45, 2.75) is 13.3 Å². The fourth-order valence-corrected chi connectivity index (χ4v) is 4.37. The van der Waals surface area contributed by atoms with Gasteiger partial charge in [-0.05, 0) is 50.3 Å². The number of hydrogen-bond donors (Lipinski definition) is 0. The number of methoxy groups -OCH3 is 1. The highest BCUT2D eigenvalue weighted by atomic mass is 32.1. The molecule has 0 N–H and O–H groups in total. The third kappa shape index (κ3) is 3.91. The van der Waals surface area contributed by atoms with Crippen LogP contribution in [0.15, 0.2) is 46.9 Å². The fourth-order valence-electron chi connectivity index (χ4n) is 3.31. The number of ether oxygens (including phenoxy) is 1. The highest BCUT2D eigenvalue weighted by Gasteiger charge is 2.25. The first-order valence-electron chi connectivity index (χ1n) is 9.92. The summed E-state index contributed by atoms with van der Waals surface area (Å²) >= 11 is 1.53. The number of benzene rings is 2. The molecule has 6 nitrogen and oxygen atoms in total. The Bertz CT molecular complexity index is 1200. The van der Waals surface area contributed by atoms with Crippen LogP contribution in [0.25, 0.3) is 21.2 Å². The van der Waals surface area contributed by atoms with Crippen LogP contribution in [0.4, 0.5) is 5.13 Å². The molecule has 1 amide bonds. The van der Waals surface area contributed by atoms with Crippen molar-refractivity contribution in [2.24, 2.45) is 0 Å². The van der Waals surface area contributed by atoms with Crippen LogP contribution in [0.3, 0.4) is 0 Å². The predicted octanol–water partition coefficient (Wildman–Crippen LogP) is 4.82. The molecule has 0 radical (unpaired) electrons. The monoisotopic (exact) mass is 423 g/mol. The molecule has 0 atom stereocenters. The van der Waals surface area contributed by atoms with E-state index in [1.807, 2.05) is 43.3 Å². The van der Waals surface area contributed by atoms with Crippen LogP contribution in [0.1, 0.15) is 23.0 Å². The Hall–Kier alpha value is -2.90. The summed E-state index contributed by atoms with van der Waals surface area (Å²) in [7, 11) is 5.56. The van der Waals surface area contributed by atoms with Gasteiger partial charge in [0.05, 0.1) is 17.3 Å². The molecule has 0 saturated carbocycles. The number of hydrogen-bond acceptors (Lipinski definition) is 6. The Morgan fingerprint density at radius 1 is 1.17 bits per heavy atom. The lowest BCUT2D eigenvalue weighted by atomic mass is 10.2. The molecular formula is C23H25N3O3S. The number of furan rings is 1. The normalized spacial score (nSPS) is 11.5. The van der Waals surface area contributed by atoms with Crippen molar-refractivity contribution in [1.82, 2.24) is 9.88 Å². The molecule has 4 aromatic rings. The molecule has 2 aromatic carbocycles. The molecule has 0 aliphatic carbocycles. The number of thiazole rings is 1. The van der Waals surface area contributed by atoms with Gasteiger partial charge in [-0.3, -0.25) is 9.69 Å². The zero-order valence-electron chi connectivity index (χ0n) is 17.6. The quantitative estimate of drug-likeness (QED) is 0.426. The summed E-state index contributed by atoms with van der Waals surface area (Å²) in [5.74, 6) is 0.685. The molecule has 0 spiro atoms. The number of likely N-dealkylation sites (N-methyl/N-ethyl adjacent to an activating group) is 1. The van der Waals surface area contributed by atoms with E-state index >= 15 is 0 Å². The number of rotatable bonds is 7. The number of aromatic nitrogens is 1. The van der Waals surface area contributed by atoms with Gasteiger partial charge in [0.15, 0.2) is 22.2 Å². The van der Waals surface area contributed by atoms with Gasteiger partial charge >= 0.3 is 0 Å². The van der Waals surface area contributed by atoms with E-state index in [1.165, 1.54) is 16.9 Å². The SMILES string of the molecule is CCc1ccc2nc(N(CCN(C)C)C(=O)c3cc4cccc(OC)c4o3)sc2c1. The molecule has 30 heavy (non-hydrogen) atoms. The first kappa shape index (κ1) is 20.4. The number of para-hydroxylation sites is 1. The minimum Gasteiger partial charge on any atom is -0.493 e. The first-order chi connectivity index (χ1) is 14.5. The standard InChI is InChI=1S/C23H25N3O3S/c1-5-15-9-10-17-20(13-15)30-23(24-17)26(12-11-25(2)3)22(27)19-14-16-7-6-8-18(28-4)21(16)29-19/h6-10,13-14H,5,11-12H2,1-4H3.